The van der Waals surface area contributed by atoms with Crippen LogP contribution in [0.2, 0.25) is 0 Å². The fraction of sp³-hybridized carbons (Fsp3) is 0.533. The highest BCUT2D eigenvalue weighted by Crippen LogP contribution is 2.18. The molecule has 0 aliphatic rings. The van der Waals surface area contributed by atoms with E-state index in [1.165, 1.54) is 6.07 Å². The molecule has 0 bridgehead atoms. The molecule has 0 spiro atoms. The first-order valence-corrected chi connectivity index (χ1v) is 7.03. The fourth-order valence-corrected chi connectivity index (χ4v) is 1.76. The predicted octanol–water partition coefficient (Wildman–Crippen LogP) is 2.54. The van der Waals surface area contributed by atoms with Gasteiger partial charge in [-0.2, -0.15) is 0 Å². The number of nitrogens with zero attached hydrogens (tertiary/aromatic N) is 1. The summed E-state index contributed by atoms with van der Waals surface area (Å²) < 4.78 is 24.1. The molecule has 3 N–H and O–H groups in total. The van der Waals surface area contributed by atoms with Gasteiger partial charge in [0.2, 0.25) is 0 Å². The summed E-state index contributed by atoms with van der Waals surface area (Å²) in [6.07, 6.45) is 0.485. The van der Waals surface area contributed by atoms with Gasteiger partial charge in [-0.05, 0) is 25.5 Å². The van der Waals surface area contributed by atoms with Crippen LogP contribution in [-0.4, -0.2) is 38.4 Å². The van der Waals surface area contributed by atoms with Crippen LogP contribution in [0.5, 0.6) is 5.75 Å². The van der Waals surface area contributed by atoms with E-state index in [-0.39, 0.29) is 47.7 Å². The molecule has 0 aliphatic heterocycles. The van der Waals surface area contributed by atoms with Gasteiger partial charge in [0, 0.05) is 13.2 Å². The van der Waals surface area contributed by atoms with E-state index in [4.69, 9.17) is 15.2 Å². The van der Waals surface area contributed by atoms with Crippen molar-refractivity contribution in [3.8, 4) is 5.75 Å². The third-order valence-corrected chi connectivity index (χ3v) is 2.86. The molecule has 5 nitrogen and oxygen atoms in total. The molecule has 126 valence electrons. The van der Waals surface area contributed by atoms with Gasteiger partial charge in [-0.25, -0.2) is 9.38 Å². The van der Waals surface area contributed by atoms with Crippen molar-refractivity contribution in [3.05, 3.63) is 30.1 Å². The Balaban J connectivity index is 0.00000441. The Labute approximate surface area is 148 Å². The van der Waals surface area contributed by atoms with E-state index in [1.54, 1.807) is 25.3 Å². The van der Waals surface area contributed by atoms with Crippen LogP contribution < -0.4 is 15.8 Å². The van der Waals surface area contributed by atoms with Crippen molar-refractivity contribution in [1.29, 1.82) is 0 Å². The van der Waals surface area contributed by atoms with Crippen LogP contribution in [0, 0.1) is 5.82 Å². The van der Waals surface area contributed by atoms with Gasteiger partial charge in [-0.15, -0.1) is 24.0 Å². The number of para-hydroxylation sites is 1. The Kier molecular flexibility index (Phi) is 10.9. The number of methoxy groups -OCH3 is 1. The summed E-state index contributed by atoms with van der Waals surface area (Å²) in [6, 6.07) is 6.40. The van der Waals surface area contributed by atoms with Gasteiger partial charge in [0.25, 0.3) is 0 Å². The first-order chi connectivity index (χ1) is 10.1. The van der Waals surface area contributed by atoms with E-state index in [2.05, 4.69) is 10.3 Å². The maximum atomic E-state index is 13.5. The van der Waals surface area contributed by atoms with Crippen LogP contribution in [-0.2, 0) is 4.74 Å². The van der Waals surface area contributed by atoms with Crippen LogP contribution in [0.4, 0.5) is 4.39 Å². The Hall–Kier alpha value is -1.09. The van der Waals surface area contributed by atoms with Crippen LogP contribution >= 0.6 is 24.0 Å². The smallest absolute Gasteiger partial charge is 0.189 e. The van der Waals surface area contributed by atoms with E-state index in [9.17, 15) is 4.39 Å². The van der Waals surface area contributed by atoms with Crippen molar-refractivity contribution in [2.75, 3.05) is 20.3 Å². The third-order valence-electron chi connectivity index (χ3n) is 2.86. The minimum absolute atomic E-state index is 0. The number of halogens is 2. The van der Waals surface area contributed by atoms with E-state index in [0.29, 0.717) is 25.5 Å². The second-order valence-corrected chi connectivity index (χ2v) is 4.81. The highest BCUT2D eigenvalue weighted by Gasteiger charge is 2.11. The van der Waals surface area contributed by atoms with E-state index in [1.807, 2.05) is 13.8 Å². The first-order valence-electron chi connectivity index (χ1n) is 7.03. The number of nitrogens with one attached hydrogen (secondary N) is 1. The maximum absolute atomic E-state index is 13.5. The fourth-order valence-electron chi connectivity index (χ4n) is 1.76. The molecule has 2 atom stereocenters. The van der Waals surface area contributed by atoms with Crippen LogP contribution in [0.15, 0.2) is 29.3 Å². The second kappa shape index (κ2) is 11.5. The molecule has 0 fully saturated rings. The quantitative estimate of drug-likeness (QED) is 0.382. The largest absolute Gasteiger partial charge is 0.485 e. The molecule has 7 heteroatoms. The van der Waals surface area contributed by atoms with Gasteiger partial charge in [0.15, 0.2) is 17.5 Å². The van der Waals surface area contributed by atoms with Crippen molar-refractivity contribution in [3.63, 3.8) is 0 Å². The molecule has 2 unspecified atom stereocenters. The highest BCUT2D eigenvalue weighted by atomic mass is 127. The summed E-state index contributed by atoms with van der Waals surface area (Å²) in [5.41, 5.74) is 5.78. The van der Waals surface area contributed by atoms with E-state index in [0.717, 1.165) is 0 Å². The van der Waals surface area contributed by atoms with E-state index >= 15 is 0 Å². The summed E-state index contributed by atoms with van der Waals surface area (Å²) >= 11 is 0. The molecule has 1 aromatic carbocycles. The van der Waals surface area contributed by atoms with Gasteiger partial charge >= 0.3 is 0 Å². The maximum Gasteiger partial charge on any atom is 0.189 e. The van der Waals surface area contributed by atoms with Crippen LogP contribution in [0.1, 0.15) is 20.3 Å². The zero-order chi connectivity index (χ0) is 15.7. The zero-order valence-electron chi connectivity index (χ0n) is 13.2. The Morgan fingerprint density at radius 2 is 2.09 bits per heavy atom. The number of nitrogens with two attached hydrogens (primary N) is 1. The van der Waals surface area contributed by atoms with Crippen LogP contribution in [0.25, 0.3) is 0 Å². The van der Waals surface area contributed by atoms with Crippen molar-refractivity contribution >= 4 is 29.9 Å². The molecule has 0 radical (unpaired) electrons. The number of hydrogen-bond donors (Lipinski definition) is 2. The topological polar surface area (TPSA) is 68.9 Å². The van der Waals surface area contributed by atoms with Crippen molar-refractivity contribution in [2.24, 2.45) is 10.7 Å². The molecule has 1 aromatic rings. The van der Waals surface area contributed by atoms with Crippen molar-refractivity contribution in [2.45, 2.75) is 32.4 Å². The molecule has 22 heavy (non-hydrogen) atoms. The average Bonchev–Trinajstić information content (AvgIpc) is 2.45. The summed E-state index contributed by atoms with van der Waals surface area (Å²) in [4.78, 5) is 4.22. The van der Waals surface area contributed by atoms with Crippen LogP contribution in [0.3, 0.4) is 0 Å². The van der Waals surface area contributed by atoms with Crippen molar-refractivity contribution < 1.29 is 13.9 Å². The number of benzene rings is 1. The lowest BCUT2D eigenvalue weighted by Crippen LogP contribution is -2.41. The number of rotatable bonds is 8. The molecule has 0 saturated carbocycles. The highest BCUT2D eigenvalue weighted by molar-refractivity contribution is 14.0. The summed E-state index contributed by atoms with van der Waals surface area (Å²) in [6.45, 7) is 4.81. The molecular weight excluding hydrogens is 400 g/mol. The summed E-state index contributed by atoms with van der Waals surface area (Å²) in [5.74, 6) is 0.189. The predicted molar refractivity (Wildman–Crippen MR) is 97.5 cm³/mol. The van der Waals surface area contributed by atoms with Gasteiger partial charge < -0.3 is 20.5 Å². The van der Waals surface area contributed by atoms with Gasteiger partial charge in [0.05, 0.1) is 13.2 Å². The Bertz CT molecular complexity index is 460. The third kappa shape index (κ3) is 7.79. The number of hydrogen-bond acceptors (Lipinski definition) is 3. The number of guanidine groups is 1. The second-order valence-electron chi connectivity index (χ2n) is 4.81. The lowest BCUT2D eigenvalue weighted by atomic mass is 10.2. The summed E-state index contributed by atoms with van der Waals surface area (Å²) in [5, 5.41) is 3.01. The summed E-state index contributed by atoms with van der Waals surface area (Å²) in [7, 11) is 1.63. The molecule has 1 rings (SSSR count). The Morgan fingerprint density at radius 1 is 1.41 bits per heavy atom. The first kappa shape index (κ1) is 20.9. The molecule has 0 aliphatic carbocycles. The van der Waals surface area contributed by atoms with E-state index < -0.39 is 0 Å². The van der Waals surface area contributed by atoms with Gasteiger partial charge in [0.1, 0.15) is 6.10 Å². The normalized spacial score (nSPS) is 13.9. The number of ether oxygens (including phenoxy) is 2. The standard InChI is InChI=1S/C15H24FN3O2.HI/c1-4-12(21-14-8-6-5-7-13(14)16)9-18-15(17)19-11(2)10-20-3;/h5-8,11-12H,4,9-10H2,1-3H3,(H3,17,18,19);1H. The molecule has 0 saturated heterocycles. The lowest BCUT2D eigenvalue weighted by molar-refractivity contribution is 0.179. The minimum Gasteiger partial charge on any atom is -0.485 e. The SMILES string of the molecule is CCC(CN=C(N)NC(C)COC)Oc1ccccc1F.I. The monoisotopic (exact) mass is 425 g/mol. The molecular formula is C15H25FIN3O2. The van der Waals surface area contributed by atoms with Crippen molar-refractivity contribution in [1.82, 2.24) is 5.32 Å². The Morgan fingerprint density at radius 3 is 2.68 bits per heavy atom. The molecule has 0 heterocycles. The molecule has 0 aromatic heterocycles. The zero-order valence-corrected chi connectivity index (χ0v) is 15.5. The van der Waals surface area contributed by atoms with Gasteiger partial charge in [-0.1, -0.05) is 19.1 Å². The minimum atomic E-state index is -0.375. The number of aliphatic imine (C=N–C) groups is 1. The van der Waals surface area contributed by atoms with Gasteiger partial charge in [-0.3, -0.25) is 0 Å². The average molecular weight is 425 g/mol. The lowest BCUT2D eigenvalue weighted by Gasteiger charge is -2.17. The molecule has 0 amide bonds.